The second-order valence-electron chi connectivity index (χ2n) is 5.96. The van der Waals surface area contributed by atoms with Gasteiger partial charge in [-0.3, -0.25) is 4.79 Å². The van der Waals surface area contributed by atoms with Gasteiger partial charge in [0.25, 0.3) is 0 Å². The Hall–Kier alpha value is -2.73. The molecule has 1 aromatic heterocycles. The van der Waals surface area contributed by atoms with Crippen LogP contribution in [0.15, 0.2) is 47.0 Å². The number of fused-ring (bicyclic) bond motifs is 1. The van der Waals surface area contributed by atoms with Gasteiger partial charge in [0, 0.05) is 31.6 Å². The van der Waals surface area contributed by atoms with Crippen LogP contribution < -0.4 is 5.32 Å². The molecule has 1 atom stereocenters. The van der Waals surface area contributed by atoms with Crippen molar-refractivity contribution in [2.45, 2.75) is 25.8 Å². The molecule has 0 bridgehead atoms. The zero-order chi connectivity index (χ0) is 17.6. The van der Waals surface area contributed by atoms with Gasteiger partial charge in [0.15, 0.2) is 0 Å². The zero-order valence-corrected chi connectivity index (χ0v) is 14.4. The molecule has 3 aromatic rings. The topological polar surface area (TPSA) is 77.2 Å². The van der Waals surface area contributed by atoms with Gasteiger partial charge in [-0.1, -0.05) is 47.6 Å². The van der Waals surface area contributed by atoms with Crippen LogP contribution >= 0.6 is 0 Å². The van der Waals surface area contributed by atoms with Crippen molar-refractivity contribution < 1.29 is 14.1 Å². The van der Waals surface area contributed by atoms with E-state index in [4.69, 9.17) is 9.26 Å². The minimum absolute atomic E-state index is 0.0218. The number of ether oxygens (including phenoxy) is 1. The Kier molecular flexibility index (Phi) is 5.40. The molecule has 0 aliphatic rings. The highest BCUT2D eigenvalue weighted by molar-refractivity contribution is 5.94. The lowest BCUT2D eigenvalue weighted by atomic mass is 10.0. The highest BCUT2D eigenvalue weighted by Gasteiger charge is 2.13. The lowest BCUT2D eigenvalue weighted by molar-refractivity contribution is -0.122. The maximum Gasteiger partial charge on any atom is 0.227 e. The van der Waals surface area contributed by atoms with Crippen LogP contribution in [0, 0.1) is 0 Å². The van der Waals surface area contributed by atoms with E-state index in [1.807, 2.05) is 49.4 Å². The zero-order valence-electron chi connectivity index (χ0n) is 14.4. The van der Waals surface area contributed by atoms with Gasteiger partial charge in [0.2, 0.25) is 17.6 Å². The summed E-state index contributed by atoms with van der Waals surface area (Å²) in [5.74, 6) is 0.937. The van der Waals surface area contributed by atoms with E-state index in [-0.39, 0.29) is 11.9 Å². The van der Waals surface area contributed by atoms with E-state index >= 15 is 0 Å². The summed E-state index contributed by atoms with van der Waals surface area (Å²) in [6.45, 7) is 2.38. The van der Waals surface area contributed by atoms with E-state index in [0.717, 1.165) is 16.3 Å². The standard InChI is InChI=1S/C19H21N3O3/c1-13(12-24-2)20-17(23)10-11-18-21-19(22-25-18)16-9-5-7-14-6-3-4-8-15(14)16/h3-9,13H,10-12H2,1-2H3,(H,20,23)/t13-/m0/s1. The molecule has 0 fully saturated rings. The maximum atomic E-state index is 11.9. The van der Waals surface area contributed by atoms with E-state index < -0.39 is 0 Å². The number of nitrogens with zero attached hydrogens (tertiary/aromatic N) is 2. The van der Waals surface area contributed by atoms with Crippen LogP contribution in [0.1, 0.15) is 19.2 Å². The van der Waals surface area contributed by atoms with Crippen molar-refractivity contribution in [2.24, 2.45) is 0 Å². The van der Waals surface area contributed by atoms with Crippen molar-refractivity contribution in [3.8, 4) is 11.4 Å². The first-order valence-electron chi connectivity index (χ1n) is 8.26. The minimum atomic E-state index is -0.0607. The van der Waals surface area contributed by atoms with Crippen LogP contribution in [0.4, 0.5) is 0 Å². The van der Waals surface area contributed by atoms with E-state index in [0.29, 0.717) is 31.2 Å². The second kappa shape index (κ2) is 7.90. The van der Waals surface area contributed by atoms with Gasteiger partial charge in [-0.05, 0) is 17.7 Å². The van der Waals surface area contributed by atoms with Gasteiger partial charge in [-0.2, -0.15) is 4.98 Å². The quantitative estimate of drug-likeness (QED) is 0.716. The van der Waals surface area contributed by atoms with E-state index in [1.54, 1.807) is 7.11 Å². The molecule has 1 N–H and O–H groups in total. The van der Waals surface area contributed by atoms with Crippen LogP contribution in [-0.2, 0) is 16.0 Å². The fourth-order valence-electron chi connectivity index (χ4n) is 2.75. The molecule has 0 radical (unpaired) electrons. The van der Waals surface area contributed by atoms with Crippen molar-refractivity contribution >= 4 is 16.7 Å². The largest absolute Gasteiger partial charge is 0.383 e. The van der Waals surface area contributed by atoms with Crippen LogP contribution in [0.25, 0.3) is 22.2 Å². The molecule has 6 nitrogen and oxygen atoms in total. The van der Waals surface area contributed by atoms with Gasteiger partial charge in [-0.25, -0.2) is 0 Å². The third-order valence-corrected chi connectivity index (χ3v) is 3.89. The summed E-state index contributed by atoms with van der Waals surface area (Å²) in [4.78, 5) is 16.3. The van der Waals surface area contributed by atoms with Gasteiger partial charge in [0.05, 0.1) is 6.61 Å². The number of benzene rings is 2. The lowest BCUT2D eigenvalue weighted by Crippen LogP contribution is -2.35. The number of rotatable bonds is 7. The minimum Gasteiger partial charge on any atom is -0.383 e. The fraction of sp³-hybridized carbons (Fsp3) is 0.316. The smallest absolute Gasteiger partial charge is 0.227 e. The summed E-state index contributed by atoms with van der Waals surface area (Å²) in [6.07, 6.45) is 0.703. The summed E-state index contributed by atoms with van der Waals surface area (Å²) in [5.41, 5.74) is 0.922. The molecule has 0 saturated heterocycles. The molecule has 0 aliphatic carbocycles. The van der Waals surface area contributed by atoms with Crippen LogP contribution in [0.2, 0.25) is 0 Å². The van der Waals surface area contributed by atoms with Gasteiger partial charge in [0.1, 0.15) is 0 Å². The number of hydrogen-bond acceptors (Lipinski definition) is 5. The van der Waals surface area contributed by atoms with Crippen LogP contribution in [-0.4, -0.2) is 35.8 Å². The molecule has 0 unspecified atom stereocenters. The first kappa shape index (κ1) is 17.1. The van der Waals surface area contributed by atoms with Crippen molar-refractivity contribution in [3.05, 3.63) is 48.4 Å². The Morgan fingerprint density at radius 1 is 1.24 bits per heavy atom. The lowest BCUT2D eigenvalue weighted by Gasteiger charge is -2.11. The molecule has 0 saturated carbocycles. The molecular weight excluding hydrogens is 318 g/mol. The summed E-state index contributed by atoms with van der Waals surface area (Å²) in [6, 6.07) is 14.0. The molecule has 2 aromatic carbocycles. The van der Waals surface area contributed by atoms with Crippen molar-refractivity contribution in [3.63, 3.8) is 0 Å². The number of carbonyl (C=O) groups is 1. The molecule has 1 heterocycles. The Morgan fingerprint density at radius 3 is 2.88 bits per heavy atom. The number of nitrogens with one attached hydrogen (secondary N) is 1. The predicted molar refractivity (Wildman–Crippen MR) is 95.0 cm³/mol. The molecule has 0 aliphatic heterocycles. The highest BCUT2D eigenvalue weighted by Crippen LogP contribution is 2.26. The predicted octanol–water partition coefficient (Wildman–Crippen LogP) is 2.97. The SMILES string of the molecule is COC[C@H](C)NC(=O)CCc1nc(-c2cccc3ccccc23)no1. The Morgan fingerprint density at radius 2 is 2.04 bits per heavy atom. The van der Waals surface area contributed by atoms with E-state index in [1.165, 1.54) is 0 Å². The number of carbonyl (C=O) groups excluding carboxylic acids is 1. The number of hydrogen-bond donors (Lipinski definition) is 1. The van der Waals surface area contributed by atoms with E-state index in [9.17, 15) is 4.79 Å². The summed E-state index contributed by atoms with van der Waals surface area (Å²) in [5, 5.41) is 9.12. The first-order valence-corrected chi connectivity index (χ1v) is 8.26. The number of amides is 1. The maximum absolute atomic E-state index is 11.9. The summed E-state index contributed by atoms with van der Waals surface area (Å²) < 4.78 is 10.3. The Labute approximate surface area is 146 Å². The summed E-state index contributed by atoms with van der Waals surface area (Å²) >= 11 is 0. The number of methoxy groups -OCH3 is 1. The van der Waals surface area contributed by atoms with Gasteiger partial charge < -0.3 is 14.6 Å². The molecular formula is C19H21N3O3. The van der Waals surface area contributed by atoms with E-state index in [2.05, 4.69) is 15.5 Å². The van der Waals surface area contributed by atoms with Crippen LogP contribution in [0.3, 0.4) is 0 Å². The van der Waals surface area contributed by atoms with Crippen molar-refractivity contribution in [2.75, 3.05) is 13.7 Å². The third kappa shape index (κ3) is 4.22. The molecule has 1 amide bonds. The first-order chi connectivity index (χ1) is 12.2. The second-order valence-corrected chi connectivity index (χ2v) is 5.96. The van der Waals surface area contributed by atoms with Crippen molar-refractivity contribution in [1.29, 1.82) is 0 Å². The average molecular weight is 339 g/mol. The van der Waals surface area contributed by atoms with Gasteiger partial charge in [-0.15, -0.1) is 0 Å². The molecule has 130 valence electrons. The normalized spacial score (nSPS) is 12.2. The molecule has 3 rings (SSSR count). The fourth-order valence-corrected chi connectivity index (χ4v) is 2.75. The molecule has 0 spiro atoms. The summed E-state index contributed by atoms with van der Waals surface area (Å²) in [7, 11) is 1.61. The van der Waals surface area contributed by atoms with Gasteiger partial charge >= 0.3 is 0 Å². The van der Waals surface area contributed by atoms with Crippen molar-refractivity contribution in [1.82, 2.24) is 15.5 Å². The number of aryl methyl sites for hydroxylation is 1. The number of aromatic nitrogens is 2. The monoisotopic (exact) mass is 339 g/mol. The third-order valence-electron chi connectivity index (χ3n) is 3.89. The molecule has 25 heavy (non-hydrogen) atoms. The molecule has 6 heteroatoms. The highest BCUT2D eigenvalue weighted by atomic mass is 16.5. The Bertz CT molecular complexity index is 855. The van der Waals surface area contributed by atoms with Crippen LogP contribution in [0.5, 0.6) is 0 Å². The Balaban J connectivity index is 1.67. The average Bonchev–Trinajstić information content (AvgIpc) is 3.08.